The quantitative estimate of drug-likeness (QED) is 0.797. The molecule has 0 aliphatic heterocycles. The van der Waals surface area contributed by atoms with Crippen LogP contribution in [0, 0.1) is 6.92 Å². The molecule has 0 bridgehead atoms. The second-order valence-corrected chi connectivity index (χ2v) is 5.08. The Morgan fingerprint density at radius 1 is 1.53 bits per heavy atom. The molecule has 0 amide bonds. The summed E-state index contributed by atoms with van der Waals surface area (Å²) in [7, 11) is 0. The summed E-state index contributed by atoms with van der Waals surface area (Å²) in [4.78, 5) is 11.9. The molecule has 0 fully saturated rings. The van der Waals surface area contributed by atoms with Crippen LogP contribution >= 0.6 is 27.5 Å². The van der Waals surface area contributed by atoms with E-state index in [0.29, 0.717) is 27.5 Å². The molecule has 0 aliphatic rings. The SMILES string of the molecule is CCOC(=O)c1cc(C)nn1-c1cccc(Cl)c1Br. The number of benzene rings is 1. The average Bonchev–Trinajstić information content (AvgIpc) is 2.75. The van der Waals surface area contributed by atoms with Crippen molar-refractivity contribution < 1.29 is 9.53 Å². The zero-order valence-electron chi connectivity index (χ0n) is 10.5. The molecule has 0 spiro atoms. The minimum Gasteiger partial charge on any atom is -0.461 e. The molecule has 1 aromatic carbocycles. The van der Waals surface area contributed by atoms with Crippen molar-refractivity contribution in [2.24, 2.45) is 0 Å². The number of rotatable bonds is 3. The van der Waals surface area contributed by atoms with Gasteiger partial charge in [0.2, 0.25) is 0 Å². The molecule has 6 heteroatoms. The lowest BCUT2D eigenvalue weighted by Gasteiger charge is -2.09. The number of hydrogen-bond acceptors (Lipinski definition) is 3. The predicted octanol–water partition coefficient (Wildman–Crippen LogP) is 3.77. The van der Waals surface area contributed by atoms with E-state index < -0.39 is 5.97 Å². The van der Waals surface area contributed by atoms with Gasteiger partial charge in [0, 0.05) is 0 Å². The number of aromatic nitrogens is 2. The van der Waals surface area contributed by atoms with Crippen LogP contribution in [0.25, 0.3) is 5.69 Å². The van der Waals surface area contributed by atoms with Crippen LogP contribution in [0.4, 0.5) is 0 Å². The Bertz CT molecular complexity index is 625. The van der Waals surface area contributed by atoms with Crippen molar-refractivity contribution in [3.8, 4) is 5.69 Å². The van der Waals surface area contributed by atoms with Crippen LogP contribution in [-0.4, -0.2) is 22.4 Å². The number of aryl methyl sites for hydroxylation is 1. The summed E-state index contributed by atoms with van der Waals surface area (Å²) in [6.45, 7) is 3.90. The maximum atomic E-state index is 11.9. The summed E-state index contributed by atoms with van der Waals surface area (Å²) in [6.07, 6.45) is 0. The monoisotopic (exact) mass is 342 g/mol. The average molecular weight is 344 g/mol. The largest absolute Gasteiger partial charge is 0.461 e. The number of halogens is 2. The summed E-state index contributed by atoms with van der Waals surface area (Å²) in [5.74, 6) is -0.407. The Morgan fingerprint density at radius 2 is 2.26 bits per heavy atom. The molecule has 0 unspecified atom stereocenters. The lowest BCUT2D eigenvalue weighted by molar-refractivity contribution is 0.0515. The van der Waals surface area contributed by atoms with E-state index in [2.05, 4.69) is 21.0 Å². The van der Waals surface area contributed by atoms with Gasteiger partial charge in [-0.1, -0.05) is 17.7 Å². The van der Waals surface area contributed by atoms with Gasteiger partial charge in [-0.15, -0.1) is 0 Å². The minimum absolute atomic E-state index is 0.319. The highest BCUT2D eigenvalue weighted by Gasteiger charge is 2.18. The molecular weight excluding hydrogens is 332 g/mol. The minimum atomic E-state index is -0.407. The van der Waals surface area contributed by atoms with Gasteiger partial charge in [-0.05, 0) is 48.0 Å². The predicted molar refractivity (Wildman–Crippen MR) is 77.0 cm³/mol. The van der Waals surface area contributed by atoms with Gasteiger partial charge in [-0.2, -0.15) is 5.10 Å². The van der Waals surface area contributed by atoms with Gasteiger partial charge in [0.1, 0.15) is 0 Å². The molecule has 0 N–H and O–H groups in total. The zero-order valence-corrected chi connectivity index (χ0v) is 12.8. The van der Waals surface area contributed by atoms with Crippen molar-refractivity contribution in [1.82, 2.24) is 9.78 Å². The van der Waals surface area contributed by atoms with Crippen molar-refractivity contribution in [1.29, 1.82) is 0 Å². The van der Waals surface area contributed by atoms with Gasteiger partial charge in [-0.25, -0.2) is 9.48 Å². The van der Waals surface area contributed by atoms with Crippen molar-refractivity contribution >= 4 is 33.5 Å². The molecule has 1 heterocycles. The second kappa shape index (κ2) is 5.75. The van der Waals surface area contributed by atoms with Gasteiger partial charge in [0.25, 0.3) is 0 Å². The molecule has 0 radical (unpaired) electrons. The van der Waals surface area contributed by atoms with Crippen LogP contribution in [0.1, 0.15) is 23.1 Å². The van der Waals surface area contributed by atoms with Gasteiger partial charge in [-0.3, -0.25) is 0 Å². The van der Waals surface area contributed by atoms with E-state index >= 15 is 0 Å². The van der Waals surface area contributed by atoms with E-state index in [9.17, 15) is 4.79 Å². The van der Waals surface area contributed by atoms with E-state index in [-0.39, 0.29) is 0 Å². The first kappa shape index (κ1) is 14.1. The Labute approximate surface area is 124 Å². The molecule has 0 aliphatic carbocycles. The molecule has 0 saturated carbocycles. The van der Waals surface area contributed by atoms with Crippen LogP contribution < -0.4 is 0 Å². The lowest BCUT2D eigenvalue weighted by atomic mass is 10.3. The number of carbonyl (C=O) groups is 1. The lowest BCUT2D eigenvalue weighted by Crippen LogP contribution is -2.12. The van der Waals surface area contributed by atoms with Crippen LogP contribution in [0.5, 0.6) is 0 Å². The normalized spacial score (nSPS) is 10.5. The molecule has 100 valence electrons. The fraction of sp³-hybridized carbons (Fsp3) is 0.231. The molecule has 2 rings (SSSR count). The summed E-state index contributed by atoms with van der Waals surface area (Å²) >= 11 is 9.46. The van der Waals surface area contributed by atoms with Crippen LogP contribution in [0.15, 0.2) is 28.7 Å². The molecule has 0 atom stereocenters. The van der Waals surface area contributed by atoms with Crippen LogP contribution in [0.2, 0.25) is 5.02 Å². The Hall–Kier alpha value is -1.33. The third-order valence-electron chi connectivity index (χ3n) is 2.48. The van der Waals surface area contributed by atoms with Crippen LogP contribution in [0.3, 0.4) is 0 Å². The maximum absolute atomic E-state index is 11.9. The number of esters is 1. The van der Waals surface area contributed by atoms with E-state index in [1.54, 1.807) is 25.1 Å². The van der Waals surface area contributed by atoms with Gasteiger partial charge in [0.05, 0.1) is 27.5 Å². The van der Waals surface area contributed by atoms with E-state index in [4.69, 9.17) is 16.3 Å². The van der Waals surface area contributed by atoms with E-state index in [0.717, 1.165) is 5.69 Å². The number of hydrogen-bond donors (Lipinski definition) is 0. The number of carbonyl (C=O) groups excluding carboxylic acids is 1. The highest BCUT2D eigenvalue weighted by atomic mass is 79.9. The van der Waals surface area contributed by atoms with E-state index in [1.807, 2.05) is 13.0 Å². The van der Waals surface area contributed by atoms with Gasteiger partial charge >= 0.3 is 5.97 Å². The fourth-order valence-electron chi connectivity index (χ4n) is 1.69. The molecule has 4 nitrogen and oxygen atoms in total. The van der Waals surface area contributed by atoms with Crippen molar-refractivity contribution in [2.75, 3.05) is 6.61 Å². The number of ether oxygens (including phenoxy) is 1. The second-order valence-electron chi connectivity index (χ2n) is 3.88. The fourth-order valence-corrected chi connectivity index (χ4v) is 2.29. The molecule has 19 heavy (non-hydrogen) atoms. The van der Waals surface area contributed by atoms with Crippen molar-refractivity contribution in [3.05, 3.63) is 45.1 Å². The molecule has 1 aromatic heterocycles. The van der Waals surface area contributed by atoms with Crippen molar-refractivity contribution in [3.63, 3.8) is 0 Å². The van der Waals surface area contributed by atoms with Gasteiger partial charge < -0.3 is 4.74 Å². The number of nitrogens with zero attached hydrogens (tertiary/aromatic N) is 2. The summed E-state index contributed by atoms with van der Waals surface area (Å²) in [5.41, 5.74) is 1.81. The Balaban J connectivity index is 2.56. The highest BCUT2D eigenvalue weighted by molar-refractivity contribution is 9.10. The summed E-state index contributed by atoms with van der Waals surface area (Å²) in [5, 5.41) is 4.87. The standard InChI is InChI=1S/C13H12BrClN2O2/c1-3-19-13(18)11-7-8(2)16-17(11)10-6-4-5-9(15)12(10)14/h4-7H,3H2,1-2H3. The molecule has 0 saturated heterocycles. The first-order valence-corrected chi connectivity index (χ1v) is 6.90. The summed E-state index contributed by atoms with van der Waals surface area (Å²) in [6, 6.07) is 7.07. The third kappa shape index (κ3) is 2.82. The molecular formula is C13H12BrClN2O2. The highest BCUT2D eigenvalue weighted by Crippen LogP contribution is 2.29. The molecule has 2 aromatic rings. The Kier molecular flexibility index (Phi) is 4.27. The van der Waals surface area contributed by atoms with E-state index in [1.165, 1.54) is 4.68 Å². The van der Waals surface area contributed by atoms with Crippen LogP contribution in [-0.2, 0) is 4.74 Å². The smallest absolute Gasteiger partial charge is 0.357 e. The van der Waals surface area contributed by atoms with Crippen molar-refractivity contribution in [2.45, 2.75) is 13.8 Å². The van der Waals surface area contributed by atoms with Gasteiger partial charge in [0.15, 0.2) is 5.69 Å². The summed E-state index contributed by atoms with van der Waals surface area (Å²) < 4.78 is 7.24. The first-order valence-electron chi connectivity index (χ1n) is 5.72. The first-order chi connectivity index (χ1) is 9.04. The third-order valence-corrected chi connectivity index (χ3v) is 3.85. The maximum Gasteiger partial charge on any atom is 0.357 e. The zero-order chi connectivity index (χ0) is 14.0. The topological polar surface area (TPSA) is 44.1 Å². The Morgan fingerprint density at radius 3 is 2.95 bits per heavy atom.